The van der Waals surface area contributed by atoms with Crippen molar-refractivity contribution in [2.45, 2.75) is 58.2 Å². The molecular formula is C21H34ClN5O4S. The molecule has 11 heteroatoms. The van der Waals surface area contributed by atoms with E-state index in [-0.39, 0.29) is 24.2 Å². The van der Waals surface area contributed by atoms with Crippen molar-refractivity contribution in [3.05, 3.63) is 17.5 Å². The maximum absolute atomic E-state index is 13.4. The molecule has 0 aromatic carbocycles. The fourth-order valence-electron chi connectivity index (χ4n) is 5.52. The normalized spacial score (nSPS) is 26.5. The Morgan fingerprint density at radius 3 is 2.44 bits per heavy atom. The molecule has 32 heavy (non-hydrogen) atoms. The van der Waals surface area contributed by atoms with Gasteiger partial charge in [0.05, 0.1) is 30.0 Å². The minimum Gasteiger partial charge on any atom is -0.331 e. The van der Waals surface area contributed by atoms with Gasteiger partial charge >= 0.3 is 0 Å². The number of piperidine rings is 1. The lowest BCUT2D eigenvalue weighted by molar-refractivity contribution is -0.129. The van der Waals surface area contributed by atoms with Crippen LogP contribution in [-0.2, 0) is 28.4 Å². The van der Waals surface area contributed by atoms with Crippen molar-refractivity contribution in [1.82, 2.24) is 23.9 Å². The third kappa shape index (κ3) is 4.41. The van der Waals surface area contributed by atoms with E-state index in [0.29, 0.717) is 18.7 Å². The molecule has 0 spiro atoms. The lowest BCUT2D eigenvalue weighted by Crippen LogP contribution is -2.44. The van der Waals surface area contributed by atoms with Crippen LogP contribution < -0.4 is 0 Å². The monoisotopic (exact) mass is 487 g/mol. The Kier molecular flexibility index (Phi) is 7.26. The Morgan fingerprint density at radius 2 is 1.84 bits per heavy atom. The first-order valence-corrected chi connectivity index (χ1v) is 13.0. The first kappa shape index (κ1) is 25.0. The highest BCUT2D eigenvalue weighted by molar-refractivity contribution is 7.88. The fraction of sp³-hybridized carbons (Fsp3) is 0.762. The van der Waals surface area contributed by atoms with Gasteiger partial charge in [-0.25, -0.2) is 12.7 Å². The molecule has 9 nitrogen and oxygen atoms in total. The van der Waals surface area contributed by atoms with E-state index in [2.05, 4.69) is 10.00 Å². The number of carbonyl (C=O) groups is 2. The van der Waals surface area contributed by atoms with Crippen LogP contribution in [0.15, 0.2) is 6.07 Å². The second kappa shape index (κ2) is 9.30. The van der Waals surface area contributed by atoms with Crippen LogP contribution in [0.4, 0.5) is 0 Å². The molecule has 4 heterocycles. The van der Waals surface area contributed by atoms with E-state index in [0.717, 1.165) is 35.9 Å². The van der Waals surface area contributed by atoms with Crippen LogP contribution in [0.1, 0.15) is 55.7 Å². The first-order chi connectivity index (χ1) is 14.6. The summed E-state index contributed by atoms with van der Waals surface area (Å²) in [4.78, 5) is 30.5. The van der Waals surface area contributed by atoms with Crippen LogP contribution in [0.25, 0.3) is 0 Å². The van der Waals surface area contributed by atoms with Crippen LogP contribution in [0, 0.1) is 11.8 Å². The standard InChI is InChI=1S/C21H33N5O4S.ClH/c1-14(2)18-19-17(26(21(18)28)31(4,29)30)8-11-25(19)20(27)16-12-15(23(3)22-16)13-24-9-6-5-7-10-24;/h12,14,17-19H,5-11,13H2,1-4H3;1H/t17-,18+,19-;/m0./s1. The molecule has 3 saturated heterocycles. The Labute approximate surface area is 196 Å². The maximum atomic E-state index is 13.4. The predicted molar refractivity (Wildman–Crippen MR) is 123 cm³/mol. The van der Waals surface area contributed by atoms with Gasteiger partial charge in [-0.15, -0.1) is 12.4 Å². The average Bonchev–Trinajstić information content (AvgIpc) is 3.33. The van der Waals surface area contributed by atoms with Crippen molar-refractivity contribution < 1.29 is 18.0 Å². The Bertz CT molecular complexity index is 973. The summed E-state index contributed by atoms with van der Waals surface area (Å²) in [5.74, 6) is -1.21. The zero-order valence-corrected chi connectivity index (χ0v) is 20.9. The summed E-state index contributed by atoms with van der Waals surface area (Å²) in [6, 6.07) is 0.914. The van der Waals surface area contributed by atoms with Crippen LogP contribution in [-0.4, -0.2) is 82.1 Å². The number of rotatable bonds is 5. The number of amides is 2. The summed E-state index contributed by atoms with van der Waals surface area (Å²) in [5, 5.41) is 4.47. The van der Waals surface area contributed by atoms with Gasteiger partial charge in [0.15, 0.2) is 5.69 Å². The largest absolute Gasteiger partial charge is 0.331 e. The number of carbonyl (C=O) groups excluding carboxylic acids is 2. The number of hydrogen-bond acceptors (Lipinski definition) is 6. The second-order valence-corrected chi connectivity index (χ2v) is 11.4. The number of sulfonamides is 1. The first-order valence-electron chi connectivity index (χ1n) is 11.2. The summed E-state index contributed by atoms with van der Waals surface area (Å²) >= 11 is 0. The molecule has 0 N–H and O–H groups in total. The lowest BCUT2D eigenvalue weighted by atomic mass is 9.88. The van der Waals surface area contributed by atoms with Gasteiger partial charge in [-0.2, -0.15) is 5.10 Å². The third-order valence-corrected chi connectivity index (χ3v) is 8.12. The van der Waals surface area contributed by atoms with E-state index in [1.807, 2.05) is 27.0 Å². The van der Waals surface area contributed by atoms with Crippen molar-refractivity contribution in [1.29, 1.82) is 0 Å². The van der Waals surface area contributed by atoms with Crippen molar-refractivity contribution in [2.75, 3.05) is 25.9 Å². The predicted octanol–water partition coefficient (Wildman–Crippen LogP) is 1.48. The van der Waals surface area contributed by atoms with E-state index < -0.39 is 33.9 Å². The number of fused-ring (bicyclic) bond motifs is 1. The van der Waals surface area contributed by atoms with Gasteiger partial charge in [-0.1, -0.05) is 20.3 Å². The molecule has 0 radical (unpaired) electrons. The summed E-state index contributed by atoms with van der Waals surface area (Å²) in [6.45, 7) is 7.12. The highest BCUT2D eigenvalue weighted by atomic mass is 35.5. The molecule has 3 atom stereocenters. The van der Waals surface area contributed by atoms with Gasteiger partial charge in [-0.3, -0.25) is 19.2 Å². The summed E-state index contributed by atoms with van der Waals surface area (Å²) in [7, 11) is -1.83. The number of nitrogens with zero attached hydrogens (tertiary/aromatic N) is 5. The quantitative estimate of drug-likeness (QED) is 0.624. The van der Waals surface area contributed by atoms with Crippen molar-refractivity contribution >= 4 is 34.2 Å². The van der Waals surface area contributed by atoms with E-state index in [1.54, 1.807) is 9.58 Å². The lowest BCUT2D eigenvalue weighted by Gasteiger charge is -2.28. The Balaban J connectivity index is 0.00000289. The molecule has 1 aromatic rings. The smallest absolute Gasteiger partial charge is 0.274 e. The minimum absolute atomic E-state index is 0. The molecule has 1 aromatic heterocycles. The van der Waals surface area contributed by atoms with Crippen LogP contribution in [0.5, 0.6) is 0 Å². The molecule has 0 aliphatic carbocycles. The molecule has 3 fully saturated rings. The van der Waals surface area contributed by atoms with Gasteiger partial charge < -0.3 is 4.90 Å². The number of halogens is 1. The van der Waals surface area contributed by atoms with Gasteiger partial charge in [-0.05, 0) is 44.3 Å². The van der Waals surface area contributed by atoms with Gasteiger partial charge in [0, 0.05) is 20.1 Å². The van der Waals surface area contributed by atoms with E-state index in [1.165, 1.54) is 19.3 Å². The topological polar surface area (TPSA) is 95.8 Å². The summed E-state index contributed by atoms with van der Waals surface area (Å²) in [5.41, 5.74) is 1.35. The van der Waals surface area contributed by atoms with Crippen LogP contribution in [0.2, 0.25) is 0 Å². The van der Waals surface area contributed by atoms with E-state index in [9.17, 15) is 18.0 Å². The SMILES string of the molecule is CC(C)[C@H]1C(=O)N(S(C)(=O)=O)[C@H]2CCN(C(=O)c3cc(CN4CCCCC4)n(C)n3)[C@H]12.Cl. The van der Waals surface area contributed by atoms with Crippen molar-refractivity contribution in [3.8, 4) is 0 Å². The molecule has 0 unspecified atom stereocenters. The number of hydrogen-bond donors (Lipinski definition) is 0. The summed E-state index contributed by atoms with van der Waals surface area (Å²) in [6.07, 6.45) is 5.19. The molecule has 0 saturated carbocycles. The molecule has 2 amide bonds. The number of likely N-dealkylation sites (tertiary alicyclic amines) is 2. The molecule has 3 aliphatic heterocycles. The average molecular weight is 488 g/mol. The highest BCUT2D eigenvalue weighted by Gasteiger charge is 2.58. The van der Waals surface area contributed by atoms with Gasteiger partial charge in [0.1, 0.15) is 0 Å². The van der Waals surface area contributed by atoms with Gasteiger partial charge in [0.25, 0.3) is 5.91 Å². The zero-order chi connectivity index (χ0) is 22.5. The summed E-state index contributed by atoms with van der Waals surface area (Å²) < 4.78 is 27.4. The van der Waals surface area contributed by atoms with Crippen LogP contribution >= 0.6 is 12.4 Å². The maximum Gasteiger partial charge on any atom is 0.274 e. The van der Waals surface area contributed by atoms with Gasteiger partial charge in [0.2, 0.25) is 15.9 Å². The fourth-order valence-corrected chi connectivity index (χ4v) is 6.69. The van der Waals surface area contributed by atoms with E-state index in [4.69, 9.17) is 0 Å². The van der Waals surface area contributed by atoms with E-state index >= 15 is 0 Å². The molecule has 0 bridgehead atoms. The highest BCUT2D eigenvalue weighted by Crippen LogP contribution is 2.41. The molecule has 180 valence electrons. The Hall–Kier alpha value is -1.65. The second-order valence-electron chi connectivity index (χ2n) is 9.49. The van der Waals surface area contributed by atoms with Crippen LogP contribution in [0.3, 0.4) is 0 Å². The Morgan fingerprint density at radius 1 is 1.19 bits per heavy atom. The van der Waals surface area contributed by atoms with Crippen molar-refractivity contribution in [3.63, 3.8) is 0 Å². The van der Waals surface area contributed by atoms with Crippen molar-refractivity contribution in [2.24, 2.45) is 18.9 Å². The molecular weight excluding hydrogens is 454 g/mol. The number of aromatic nitrogens is 2. The minimum atomic E-state index is -3.68. The zero-order valence-electron chi connectivity index (χ0n) is 19.2. The molecule has 4 rings (SSSR count). The number of aryl methyl sites for hydroxylation is 1. The third-order valence-electron chi connectivity index (χ3n) is 6.96. The molecule has 3 aliphatic rings.